The smallest absolute Gasteiger partial charge is 0.475 e. The third kappa shape index (κ3) is 11.0. The number of piperidine rings is 1. The Labute approximate surface area is 220 Å². The lowest BCUT2D eigenvalue weighted by molar-refractivity contribution is -0.193. The molecule has 2 aliphatic rings. The van der Waals surface area contributed by atoms with Crippen LogP contribution in [0.25, 0.3) is 0 Å². The van der Waals surface area contributed by atoms with Crippen molar-refractivity contribution in [2.24, 2.45) is 11.3 Å². The van der Waals surface area contributed by atoms with Gasteiger partial charge in [-0.1, -0.05) is 0 Å². The van der Waals surface area contributed by atoms with Crippen LogP contribution >= 0.6 is 11.3 Å². The number of carbonyl (C=O) groups is 2. The van der Waals surface area contributed by atoms with Gasteiger partial charge in [-0.05, 0) is 38.3 Å². The fraction of sp³-hybridized carbons (Fsp3) is 0.773. The van der Waals surface area contributed by atoms with E-state index in [4.69, 9.17) is 29.3 Å². The molecule has 0 amide bonds. The Bertz CT molecular complexity index is 850. The lowest BCUT2D eigenvalue weighted by Crippen LogP contribution is -2.45. The number of rotatable bonds is 7. The summed E-state index contributed by atoms with van der Waals surface area (Å²) < 4.78 is 74.3. The van der Waals surface area contributed by atoms with Crippen molar-refractivity contribution in [3.05, 3.63) is 16.1 Å². The molecule has 9 nitrogen and oxygen atoms in total. The van der Waals surface area contributed by atoms with Gasteiger partial charge in [-0.2, -0.15) is 26.3 Å². The van der Waals surface area contributed by atoms with Gasteiger partial charge in [-0.25, -0.2) is 14.6 Å². The van der Waals surface area contributed by atoms with Gasteiger partial charge in [0, 0.05) is 51.2 Å². The molecular formula is C22H33F6N3O6S. The van der Waals surface area contributed by atoms with Gasteiger partial charge in [0.05, 0.1) is 24.4 Å². The first-order valence-electron chi connectivity index (χ1n) is 11.5. The largest absolute Gasteiger partial charge is 0.490 e. The van der Waals surface area contributed by atoms with Crippen molar-refractivity contribution in [2.75, 3.05) is 60.2 Å². The van der Waals surface area contributed by atoms with Crippen molar-refractivity contribution in [1.82, 2.24) is 14.8 Å². The van der Waals surface area contributed by atoms with Gasteiger partial charge in [-0.3, -0.25) is 4.90 Å². The van der Waals surface area contributed by atoms with E-state index in [2.05, 4.69) is 21.7 Å². The summed E-state index contributed by atoms with van der Waals surface area (Å²) in [7, 11) is 3.63. The number of aliphatic carboxylic acids is 2. The lowest BCUT2D eigenvalue weighted by atomic mass is 9.71. The molecule has 16 heteroatoms. The van der Waals surface area contributed by atoms with Crippen LogP contribution < -0.4 is 0 Å². The molecule has 2 aliphatic heterocycles. The van der Waals surface area contributed by atoms with Crippen LogP contribution in [0.4, 0.5) is 26.3 Å². The number of halogens is 6. The average molecular weight is 582 g/mol. The summed E-state index contributed by atoms with van der Waals surface area (Å²) in [5.41, 5.74) is 3.60. The molecule has 1 aromatic rings. The van der Waals surface area contributed by atoms with Gasteiger partial charge >= 0.3 is 24.3 Å². The monoisotopic (exact) mass is 581 g/mol. The van der Waals surface area contributed by atoms with E-state index in [9.17, 15) is 26.3 Å². The second-order valence-corrected chi connectivity index (χ2v) is 9.92. The molecule has 3 heterocycles. The zero-order valence-corrected chi connectivity index (χ0v) is 22.1. The molecule has 0 saturated carbocycles. The third-order valence-corrected chi connectivity index (χ3v) is 7.33. The van der Waals surface area contributed by atoms with Crippen molar-refractivity contribution in [3.8, 4) is 0 Å². The van der Waals surface area contributed by atoms with Gasteiger partial charge in [0.15, 0.2) is 0 Å². The van der Waals surface area contributed by atoms with Crippen molar-refractivity contribution in [1.29, 1.82) is 0 Å². The number of ether oxygens (including phenoxy) is 2. The summed E-state index contributed by atoms with van der Waals surface area (Å²) >= 11 is 1.79. The molecule has 0 aliphatic carbocycles. The minimum Gasteiger partial charge on any atom is -0.475 e. The molecule has 1 atom stereocenters. The van der Waals surface area contributed by atoms with E-state index in [-0.39, 0.29) is 0 Å². The maximum Gasteiger partial charge on any atom is 0.490 e. The van der Waals surface area contributed by atoms with Crippen LogP contribution in [0.3, 0.4) is 0 Å². The maximum absolute atomic E-state index is 10.6. The van der Waals surface area contributed by atoms with Gasteiger partial charge in [0.1, 0.15) is 0 Å². The summed E-state index contributed by atoms with van der Waals surface area (Å²) in [6, 6.07) is 0. The molecule has 1 unspecified atom stereocenters. The van der Waals surface area contributed by atoms with Gasteiger partial charge in [-0.15, -0.1) is 11.3 Å². The van der Waals surface area contributed by atoms with Crippen LogP contribution in [-0.2, 0) is 25.6 Å². The summed E-state index contributed by atoms with van der Waals surface area (Å²) in [6.07, 6.45) is -7.61. The average Bonchev–Trinajstić information content (AvgIpc) is 3.37. The van der Waals surface area contributed by atoms with Gasteiger partial charge in [0.25, 0.3) is 0 Å². The predicted molar refractivity (Wildman–Crippen MR) is 125 cm³/mol. The number of methoxy groups -OCH3 is 2. The van der Waals surface area contributed by atoms with Crippen molar-refractivity contribution >= 4 is 23.3 Å². The fourth-order valence-electron chi connectivity index (χ4n) is 4.37. The van der Waals surface area contributed by atoms with E-state index in [1.165, 1.54) is 43.0 Å². The zero-order valence-electron chi connectivity index (χ0n) is 21.3. The predicted octanol–water partition coefficient (Wildman–Crippen LogP) is 3.52. The van der Waals surface area contributed by atoms with Crippen molar-refractivity contribution < 1.29 is 55.6 Å². The Morgan fingerprint density at radius 3 is 1.97 bits per heavy atom. The number of alkyl halides is 6. The van der Waals surface area contributed by atoms with Crippen LogP contribution in [0.1, 0.15) is 23.4 Å². The molecule has 3 rings (SSSR count). The second-order valence-electron chi connectivity index (χ2n) is 8.99. The molecule has 0 aromatic carbocycles. The minimum absolute atomic E-state index is 0.434. The Morgan fingerprint density at radius 1 is 1.05 bits per heavy atom. The van der Waals surface area contributed by atoms with Crippen LogP contribution in [0.5, 0.6) is 0 Å². The van der Waals surface area contributed by atoms with E-state index in [1.54, 1.807) is 18.4 Å². The van der Waals surface area contributed by atoms with Crippen molar-refractivity contribution in [2.45, 2.75) is 38.7 Å². The molecule has 2 fully saturated rings. The van der Waals surface area contributed by atoms with E-state index < -0.39 is 24.3 Å². The Hall–Kier alpha value is -2.01. The highest BCUT2D eigenvalue weighted by atomic mass is 32.1. The molecule has 220 valence electrons. The number of aryl methyl sites for hydroxylation is 1. The summed E-state index contributed by atoms with van der Waals surface area (Å²) in [4.78, 5) is 28.8. The second kappa shape index (κ2) is 15.0. The minimum atomic E-state index is -5.08. The maximum atomic E-state index is 10.6. The molecule has 2 N–H and O–H groups in total. The Kier molecular flexibility index (Phi) is 13.4. The van der Waals surface area contributed by atoms with E-state index in [1.807, 2.05) is 12.6 Å². The number of aromatic nitrogens is 1. The Morgan fingerprint density at radius 2 is 1.58 bits per heavy atom. The Balaban J connectivity index is 0.000000426. The van der Waals surface area contributed by atoms with E-state index >= 15 is 0 Å². The number of hydrogen-bond acceptors (Lipinski definition) is 8. The highest BCUT2D eigenvalue weighted by Crippen LogP contribution is 2.45. The number of carboxylic acid groups (broad SMARTS) is 2. The SMILES string of the molecule is COCCN1CC(COC)C2(CCN(Cc3scnc3C)CC2)C1.O=C(O)C(F)(F)F.O=C(O)C(F)(F)F. The molecular weight excluding hydrogens is 548 g/mol. The highest BCUT2D eigenvalue weighted by molar-refractivity contribution is 7.09. The zero-order chi connectivity index (χ0) is 29.1. The van der Waals surface area contributed by atoms with Crippen LogP contribution in [0, 0.1) is 18.3 Å². The molecule has 0 bridgehead atoms. The number of hydrogen-bond donors (Lipinski definition) is 2. The molecule has 38 heavy (non-hydrogen) atoms. The van der Waals surface area contributed by atoms with Gasteiger partial charge in [0.2, 0.25) is 0 Å². The number of thiazole rings is 1. The van der Waals surface area contributed by atoms with Crippen LogP contribution in [0.15, 0.2) is 5.51 Å². The van der Waals surface area contributed by atoms with Crippen LogP contribution in [0.2, 0.25) is 0 Å². The molecule has 1 aromatic heterocycles. The summed E-state index contributed by atoms with van der Waals surface area (Å²) in [5.74, 6) is -4.85. The van der Waals surface area contributed by atoms with Gasteiger partial charge < -0.3 is 24.6 Å². The lowest BCUT2D eigenvalue weighted by Gasteiger charge is -2.42. The summed E-state index contributed by atoms with van der Waals surface area (Å²) in [6.45, 7) is 10.7. The normalized spacial score (nSPS) is 19.9. The first-order chi connectivity index (χ1) is 17.6. The van der Waals surface area contributed by atoms with Crippen molar-refractivity contribution in [3.63, 3.8) is 0 Å². The topological polar surface area (TPSA) is 112 Å². The molecule has 0 radical (unpaired) electrons. The van der Waals surface area contributed by atoms with Crippen LogP contribution in [-0.4, -0.2) is 109 Å². The third-order valence-electron chi connectivity index (χ3n) is 6.41. The standard InChI is InChI=1S/C18H31N3O2S.2C2HF3O2/c1-15-17(24-14-19-15)11-20-6-4-18(5-7-20)13-21(8-9-22-2)10-16(18)12-23-3;2*3-2(4,5)1(6)7/h14,16H,4-13H2,1-3H3;2*(H,6,7). The highest BCUT2D eigenvalue weighted by Gasteiger charge is 2.47. The molecule has 1 spiro atoms. The molecule has 2 saturated heterocycles. The van der Waals surface area contributed by atoms with E-state index in [0.717, 1.165) is 32.8 Å². The number of nitrogens with zero attached hydrogens (tertiary/aromatic N) is 3. The number of carboxylic acids is 2. The van der Waals surface area contributed by atoms with E-state index in [0.29, 0.717) is 11.3 Å². The first-order valence-corrected chi connectivity index (χ1v) is 12.4. The fourth-order valence-corrected chi connectivity index (χ4v) is 5.19. The first kappa shape index (κ1) is 34.0. The quantitative estimate of drug-likeness (QED) is 0.467. The summed E-state index contributed by atoms with van der Waals surface area (Å²) in [5, 5.41) is 14.2. The number of likely N-dealkylation sites (tertiary alicyclic amines) is 2.